The van der Waals surface area contributed by atoms with E-state index in [1.165, 1.54) is 5.56 Å². The van der Waals surface area contributed by atoms with E-state index < -0.39 is 0 Å². The van der Waals surface area contributed by atoms with Gasteiger partial charge in [-0.25, -0.2) is 0 Å². The van der Waals surface area contributed by atoms with Crippen LogP contribution < -0.4 is 5.32 Å². The first-order valence-corrected chi connectivity index (χ1v) is 8.89. The van der Waals surface area contributed by atoms with Gasteiger partial charge in [0.25, 0.3) is 5.91 Å². The second-order valence-electron chi connectivity index (χ2n) is 6.37. The Kier molecular flexibility index (Phi) is 5.96. The Morgan fingerprint density at radius 2 is 1.88 bits per heavy atom. The van der Waals surface area contributed by atoms with Gasteiger partial charge in [-0.3, -0.25) is 19.5 Å². The van der Waals surface area contributed by atoms with E-state index in [2.05, 4.69) is 27.3 Å². The number of aromatic nitrogens is 1. The minimum Gasteiger partial charge on any atom is -0.358 e. The molecule has 1 aromatic heterocycles. The number of hydrogen-bond acceptors (Lipinski definition) is 4. The highest BCUT2D eigenvalue weighted by Gasteiger charge is 2.34. The van der Waals surface area contributed by atoms with Crippen LogP contribution in [0.15, 0.2) is 54.7 Å². The molecule has 3 rings (SSSR count). The summed E-state index contributed by atoms with van der Waals surface area (Å²) in [6.45, 7) is 2.43. The molecule has 0 radical (unpaired) electrons. The summed E-state index contributed by atoms with van der Waals surface area (Å²) in [4.78, 5) is 33.1. The third-order valence-electron chi connectivity index (χ3n) is 4.74. The molecule has 0 saturated carbocycles. The molecule has 1 aliphatic rings. The summed E-state index contributed by atoms with van der Waals surface area (Å²) in [6, 6.07) is 15.2. The number of likely N-dealkylation sites (N-methyl/N-ethyl adjacent to an activating group) is 1. The van der Waals surface area contributed by atoms with Gasteiger partial charge in [0.05, 0.1) is 0 Å². The van der Waals surface area contributed by atoms with Gasteiger partial charge in [-0.15, -0.1) is 0 Å². The Hall–Kier alpha value is -2.73. The third-order valence-corrected chi connectivity index (χ3v) is 4.74. The molecule has 0 bridgehead atoms. The van der Waals surface area contributed by atoms with E-state index in [0.717, 1.165) is 13.0 Å². The fourth-order valence-electron chi connectivity index (χ4n) is 3.26. The van der Waals surface area contributed by atoms with E-state index in [0.29, 0.717) is 25.3 Å². The fraction of sp³-hybridized carbons (Fsp3) is 0.350. The maximum Gasteiger partial charge on any atom is 0.272 e. The summed E-state index contributed by atoms with van der Waals surface area (Å²) in [6.07, 6.45) is 2.49. The number of rotatable bonds is 5. The highest BCUT2D eigenvalue weighted by atomic mass is 16.2. The van der Waals surface area contributed by atoms with Crippen molar-refractivity contribution < 1.29 is 9.59 Å². The van der Waals surface area contributed by atoms with Crippen molar-refractivity contribution in [3.05, 3.63) is 66.0 Å². The molecule has 1 fully saturated rings. The van der Waals surface area contributed by atoms with Gasteiger partial charge in [-0.2, -0.15) is 0 Å². The molecule has 1 N–H and O–H groups in total. The SMILES string of the molecule is CNC(=O)[C@@H]1CN(C(=O)c2ccccn2)CCN1CCc1ccccc1. The minimum atomic E-state index is -0.342. The zero-order valence-corrected chi connectivity index (χ0v) is 15.0. The van der Waals surface area contributed by atoms with Crippen LogP contribution in [-0.2, 0) is 11.2 Å². The Balaban J connectivity index is 1.67. The molecular weight excluding hydrogens is 328 g/mol. The summed E-state index contributed by atoms with van der Waals surface area (Å²) < 4.78 is 0. The second-order valence-corrected chi connectivity index (χ2v) is 6.37. The molecule has 0 spiro atoms. The van der Waals surface area contributed by atoms with Gasteiger partial charge in [0, 0.05) is 39.4 Å². The Labute approximate surface area is 153 Å². The van der Waals surface area contributed by atoms with Crippen molar-refractivity contribution in [2.45, 2.75) is 12.5 Å². The van der Waals surface area contributed by atoms with Gasteiger partial charge in [-0.05, 0) is 24.1 Å². The highest BCUT2D eigenvalue weighted by Crippen LogP contribution is 2.14. The number of nitrogens with one attached hydrogen (secondary N) is 1. The Morgan fingerprint density at radius 3 is 2.58 bits per heavy atom. The molecule has 136 valence electrons. The molecule has 2 amide bonds. The molecule has 0 aliphatic carbocycles. The first-order chi connectivity index (χ1) is 12.7. The van der Waals surface area contributed by atoms with Crippen LogP contribution in [0.1, 0.15) is 16.1 Å². The van der Waals surface area contributed by atoms with Crippen LogP contribution in [0.3, 0.4) is 0 Å². The number of amides is 2. The van der Waals surface area contributed by atoms with E-state index in [4.69, 9.17) is 0 Å². The largest absolute Gasteiger partial charge is 0.358 e. The van der Waals surface area contributed by atoms with Gasteiger partial charge in [0.15, 0.2) is 0 Å². The van der Waals surface area contributed by atoms with Gasteiger partial charge < -0.3 is 10.2 Å². The van der Waals surface area contributed by atoms with E-state index >= 15 is 0 Å². The van der Waals surface area contributed by atoms with Gasteiger partial charge in [0.2, 0.25) is 5.91 Å². The predicted molar refractivity (Wildman–Crippen MR) is 99.7 cm³/mol. The number of benzene rings is 1. The van der Waals surface area contributed by atoms with Crippen LogP contribution in [0.4, 0.5) is 0 Å². The summed E-state index contributed by atoms with van der Waals surface area (Å²) in [5.41, 5.74) is 1.66. The van der Waals surface area contributed by atoms with Crippen LogP contribution in [0.5, 0.6) is 0 Å². The molecule has 1 atom stereocenters. The molecule has 2 aromatic rings. The molecule has 1 saturated heterocycles. The Morgan fingerprint density at radius 1 is 1.12 bits per heavy atom. The second kappa shape index (κ2) is 8.58. The van der Waals surface area contributed by atoms with Crippen molar-refractivity contribution in [3.63, 3.8) is 0 Å². The molecule has 1 aromatic carbocycles. The Bertz CT molecular complexity index is 736. The van der Waals surface area contributed by atoms with E-state index in [9.17, 15) is 9.59 Å². The fourth-order valence-corrected chi connectivity index (χ4v) is 3.26. The quantitative estimate of drug-likeness (QED) is 0.878. The summed E-state index contributed by atoms with van der Waals surface area (Å²) in [5, 5.41) is 2.73. The number of piperazine rings is 1. The van der Waals surface area contributed by atoms with E-state index in [1.54, 1.807) is 36.3 Å². The minimum absolute atomic E-state index is 0.0587. The molecule has 2 heterocycles. The van der Waals surface area contributed by atoms with Crippen LogP contribution in [0, 0.1) is 0 Å². The topological polar surface area (TPSA) is 65.5 Å². The normalized spacial score (nSPS) is 17.7. The van der Waals surface area contributed by atoms with Gasteiger partial charge in [-0.1, -0.05) is 36.4 Å². The van der Waals surface area contributed by atoms with Gasteiger partial charge >= 0.3 is 0 Å². The van der Waals surface area contributed by atoms with Crippen LogP contribution in [0.25, 0.3) is 0 Å². The monoisotopic (exact) mass is 352 g/mol. The number of carbonyl (C=O) groups is 2. The molecule has 6 nitrogen and oxygen atoms in total. The van der Waals surface area contributed by atoms with Crippen LogP contribution in [-0.4, -0.2) is 65.9 Å². The zero-order chi connectivity index (χ0) is 18.4. The smallest absolute Gasteiger partial charge is 0.272 e. The lowest BCUT2D eigenvalue weighted by atomic mass is 10.1. The summed E-state index contributed by atoms with van der Waals surface area (Å²) in [7, 11) is 1.64. The number of carbonyl (C=O) groups excluding carboxylic acids is 2. The molecular formula is C20H24N4O2. The van der Waals surface area contributed by atoms with Crippen molar-refractivity contribution >= 4 is 11.8 Å². The van der Waals surface area contributed by atoms with Gasteiger partial charge in [0.1, 0.15) is 11.7 Å². The lowest BCUT2D eigenvalue weighted by Gasteiger charge is -2.40. The summed E-state index contributed by atoms with van der Waals surface area (Å²) >= 11 is 0. The highest BCUT2D eigenvalue weighted by molar-refractivity contribution is 5.93. The standard InChI is InChI=1S/C20H24N4O2/c1-21-19(25)18-15-24(20(26)17-9-5-6-11-22-17)14-13-23(18)12-10-16-7-3-2-4-8-16/h2-9,11,18H,10,12-15H2,1H3,(H,21,25)/t18-/m0/s1. The third kappa shape index (κ3) is 4.26. The molecule has 26 heavy (non-hydrogen) atoms. The lowest BCUT2D eigenvalue weighted by Crippen LogP contribution is -2.60. The van der Waals surface area contributed by atoms with Crippen molar-refractivity contribution in [3.8, 4) is 0 Å². The lowest BCUT2D eigenvalue weighted by molar-refractivity contribution is -0.127. The predicted octanol–water partition coefficient (Wildman–Crippen LogP) is 1.20. The van der Waals surface area contributed by atoms with E-state index in [1.807, 2.05) is 18.2 Å². The number of pyridine rings is 1. The zero-order valence-electron chi connectivity index (χ0n) is 15.0. The summed E-state index contributed by atoms with van der Waals surface area (Å²) in [5.74, 6) is -0.182. The molecule has 6 heteroatoms. The first-order valence-electron chi connectivity index (χ1n) is 8.89. The van der Waals surface area contributed by atoms with E-state index in [-0.39, 0.29) is 17.9 Å². The number of nitrogens with zero attached hydrogens (tertiary/aromatic N) is 3. The maximum absolute atomic E-state index is 12.7. The molecule has 1 aliphatic heterocycles. The molecule has 0 unspecified atom stereocenters. The van der Waals surface area contributed by atoms with Crippen LogP contribution in [0.2, 0.25) is 0 Å². The van der Waals surface area contributed by atoms with Crippen molar-refractivity contribution in [2.24, 2.45) is 0 Å². The average molecular weight is 352 g/mol. The van der Waals surface area contributed by atoms with Crippen molar-refractivity contribution in [1.29, 1.82) is 0 Å². The first kappa shape index (κ1) is 18.1. The average Bonchev–Trinajstić information content (AvgIpc) is 2.72. The van der Waals surface area contributed by atoms with Crippen LogP contribution >= 0.6 is 0 Å². The van der Waals surface area contributed by atoms with Crippen molar-refractivity contribution in [2.75, 3.05) is 33.2 Å². The number of hydrogen-bond donors (Lipinski definition) is 1. The maximum atomic E-state index is 12.7. The van der Waals surface area contributed by atoms with Crippen molar-refractivity contribution in [1.82, 2.24) is 20.1 Å².